The van der Waals surface area contributed by atoms with Gasteiger partial charge in [0.2, 0.25) is 0 Å². The van der Waals surface area contributed by atoms with Crippen LogP contribution in [0.2, 0.25) is 0 Å². The highest BCUT2D eigenvalue weighted by atomic mass is 16.7. The Bertz CT molecular complexity index is 594. The van der Waals surface area contributed by atoms with Crippen LogP contribution in [0.1, 0.15) is 43.0 Å². The fourth-order valence-corrected chi connectivity index (χ4v) is 2.91. The zero-order valence-corrected chi connectivity index (χ0v) is 13.1. The van der Waals surface area contributed by atoms with Crippen molar-refractivity contribution < 1.29 is 4.84 Å². The summed E-state index contributed by atoms with van der Waals surface area (Å²) in [5.41, 5.74) is 2.53. The zero-order chi connectivity index (χ0) is 15.2. The van der Waals surface area contributed by atoms with Crippen molar-refractivity contribution in [2.24, 2.45) is 0 Å². The van der Waals surface area contributed by atoms with Gasteiger partial charge in [0.05, 0.1) is 6.04 Å². The van der Waals surface area contributed by atoms with Crippen molar-refractivity contribution in [3.05, 3.63) is 83.9 Å². The number of rotatable bonds is 6. The Hall–Kier alpha value is -1.90. The lowest BCUT2D eigenvalue weighted by Crippen LogP contribution is -2.26. The van der Waals surface area contributed by atoms with Gasteiger partial charge in [-0.05, 0) is 17.5 Å². The molecule has 0 N–H and O–H groups in total. The van der Waals surface area contributed by atoms with Gasteiger partial charge in [-0.1, -0.05) is 86.2 Å². The summed E-state index contributed by atoms with van der Waals surface area (Å²) in [6.07, 6.45) is 6.67. The highest BCUT2D eigenvalue weighted by Gasteiger charge is 2.25. The van der Waals surface area contributed by atoms with Gasteiger partial charge in [-0.3, -0.25) is 4.84 Å². The molecule has 2 aromatic rings. The maximum atomic E-state index is 6.38. The Morgan fingerprint density at radius 1 is 1.05 bits per heavy atom. The van der Waals surface area contributed by atoms with E-state index in [0.29, 0.717) is 0 Å². The quantitative estimate of drug-likeness (QED) is 0.689. The topological polar surface area (TPSA) is 12.5 Å². The molecule has 0 radical (unpaired) electrons. The third-order valence-electron chi connectivity index (χ3n) is 4.04. The van der Waals surface area contributed by atoms with E-state index in [-0.39, 0.29) is 12.1 Å². The Balaban J connectivity index is 1.75. The third kappa shape index (κ3) is 3.46. The summed E-state index contributed by atoms with van der Waals surface area (Å²) in [6, 6.07) is 21.3. The smallest absolute Gasteiger partial charge is 0.104 e. The summed E-state index contributed by atoms with van der Waals surface area (Å²) < 4.78 is 0. The maximum absolute atomic E-state index is 6.38. The molecule has 0 amide bonds. The lowest BCUT2D eigenvalue weighted by Gasteiger charge is -2.29. The lowest BCUT2D eigenvalue weighted by molar-refractivity contribution is -0.208. The van der Waals surface area contributed by atoms with E-state index in [9.17, 15) is 0 Å². The highest BCUT2D eigenvalue weighted by molar-refractivity contribution is 5.25. The number of hydrogen-bond donors (Lipinski definition) is 0. The molecule has 2 nitrogen and oxygen atoms in total. The minimum atomic E-state index is 0.123. The van der Waals surface area contributed by atoms with Crippen molar-refractivity contribution in [3.8, 4) is 0 Å². The van der Waals surface area contributed by atoms with Crippen LogP contribution in [-0.2, 0) is 4.84 Å². The van der Waals surface area contributed by atoms with Crippen LogP contribution in [0.4, 0.5) is 0 Å². The van der Waals surface area contributed by atoms with Gasteiger partial charge in [-0.15, -0.1) is 0 Å². The van der Waals surface area contributed by atoms with Gasteiger partial charge in [0.25, 0.3) is 0 Å². The molecule has 2 atom stereocenters. The molecule has 0 aromatic heterocycles. The van der Waals surface area contributed by atoms with Gasteiger partial charge in [0, 0.05) is 6.54 Å². The van der Waals surface area contributed by atoms with E-state index in [4.69, 9.17) is 4.84 Å². The molecular weight excluding hydrogens is 270 g/mol. The van der Waals surface area contributed by atoms with E-state index in [0.717, 1.165) is 19.4 Å². The second kappa shape index (κ2) is 7.39. The van der Waals surface area contributed by atoms with E-state index in [1.165, 1.54) is 11.1 Å². The molecule has 0 saturated heterocycles. The first kappa shape index (κ1) is 15.0. The average Bonchev–Trinajstić information content (AvgIpc) is 3.04. The molecule has 3 rings (SSSR count). The Morgan fingerprint density at radius 3 is 2.41 bits per heavy atom. The van der Waals surface area contributed by atoms with Crippen molar-refractivity contribution in [2.75, 3.05) is 6.54 Å². The first-order valence-corrected chi connectivity index (χ1v) is 8.08. The molecule has 114 valence electrons. The SMILES string of the molecule is CCCC(ON1CC=C[C@H]1c1ccccc1)c1ccccc1. The molecule has 1 aliphatic rings. The molecule has 1 aliphatic heterocycles. The Labute approximate surface area is 133 Å². The van der Waals surface area contributed by atoms with E-state index in [2.05, 4.69) is 84.8 Å². The van der Waals surface area contributed by atoms with E-state index in [1.54, 1.807) is 0 Å². The summed E-state index contributed by atoms with van der Waals surface area (Å²) in [5, 5.41) is 2.10. The minimum Gasteiger partial charge on any atom is -0.290 e. The first-order chi connectivity index (χ1) is 10.9. The highest BCUT2D eigenvalue weighted by Crippen LogP contribution is 2.32. The fraction of sp³-hybridized carbons (Fsp3) is 0.300. The molecule has 0 bridgehead atoms. The summed E-state index contributed by atoms with van der Waals surface area (Å²) in [5.74, 6) is 0. The number of hydrogen-bond acceptors (Lipinski definition) is 2. The molecule has 2 aromatic carbocycles. The van der Waals surface area contributed by atoms with Gasteiger partial charge in [-0.2, -0.15) is 5.06 Å². The van der Waals surface area contributed by atoms with E-state index >= 15 is 0 Å². The van der Waals surface area contributed by atoms with Gasteiger partial charge in [0.15, 0.2) is 0 Å². The van der Waals surface area contributed by atoms with Crippen molar-refractivity contribution in [3.63, 3.8) is 0 Å². The molecule has 22 heavy (non-hydrogen) atoms. The lowest BCUT2D eigenvalue weighted by atomic mass is 10.1. The van der Waals surface area contributed by atoms with Gasteiger partial charge in [-0.25, -0.2) is 0 Å². The van der Waals surface area contributed by atoms with Crippen LogP contribution < -0.4 is 0 Å². The number of hydroxylamine groups is 2. The van der Waals surface area contributed by atoms with Crippen LogP contribution in [0.15, 0.2) is 72.8 Å². The second-order valence-electron chi connectivity index (χ2n) is 5.68. The predicted molar refractivity (Wildman–Crippen MR) is 90.2 cm³/mol. The molecule has 1 heterocycles. The average molecular weight is 293 g/mol. The second-order valence-corrected chi connectivity index (χ2v) is 5.68. The van der Waals surface area contributed by atoms with Crippen molar-refractivity contribution in [1.82, 2.24) is 5.06 Å². The molecule has 0 spiro atoms. The largest absolute Gasteiger partial charge is 0.290 e. The van der Waals surface area contributed by atoms with Crippen LogP contribution in [0.25, 0.3) is 0 Å². The van der Waals surface area contributed by atoms with Gasteiger partial charge < -0.3 is 0 Å². The zero-order valence-electron chi connectivity index (χ0n) is 13.1. The molecule has 0 saturated carbocycles. The van der Waals surface area contributed by atoms with Crippen molar-refractivity contribution in [1.29, 1.82) is 0 Å². The Kier molecular flexibility index (Phi) is 5.04. The molecule has 0 aliphatic carbocycles. The normalized spacial score (nSPS) is 19.4. The first-order valence-electron chi connectivity index (χ1n) is 8.08. The van der Waals surface area contributed by atoms with E-state index < -0.39 is 0 Å². The van der Waals surface area contributed by atoms with Crippen LogP contribution in [0.5, 0.6) is 0 Å². The fourth-order valence-electron chi connectivity index (χ4n) is 2.91. The van der Waals surface area contributed by atoms with Gasteiger partial charge >= 0.3 is 0 Å². The third-order valence-corrected chi connectivity index (χ3v) is 4.04. The molecule has 0 fully saturated rings. The summed E-state index contributed by atoms with van der Waals surface area (Å²) in [6.45, 7) is 3.04. The monoisotopic (exact) mass is 293 g/mol. The van der Waals surface area contributed by atoms with Crippen LogP contribution in [0.3, 0.4) is 0 Å². The Morgan fingerprint density at radius 2 is 1.73 bits per heavy atom. The van der Waals surface area contributed by atoms with Crippen LogP contribution >= 0.6 is 0 Å². The van der Waals surface area contributed by atoms with E-state index in [1.807, 2.05) is 0 Å². The standard InChI is InChI=1S/C20H23NO/c1-2-10-20(18-13-7-4-8-14-18)22-21-16-9-15-19(21)17-11-5-3-6-12-17/h3-9,11-15,19-20H,2,10,16H2,1H3/t19-,20?/m0/s1. The van der Waals surface area contributed by atoms with Crippen LogP contribution in [0, 0.1) is 0 Å². The molecule has 1 unspecified atom stereocenters. The van der Waals surface area contributed by atoms with Crippen molar-refractivity contribution in [2.45, 2.75) is 31.9 Å². The number of nitrogens with zero attached hydrogens (tertiary/aromatic N) is 1. The van der Waals surface area contributed by atoms with Crippen LogP contribution in [-0.4, -0.2) is 11.6 Å². The van der Waals surface area contributed by atoms with Crippen molar-refractivity contribution >= 4 is 0 Å². The minimum absolute atomic E-state index is 0.123. The summed E-state index contributed by atoms with van der Waals surface area (Å²) >= 11 is 0. The molecule has 2 heteroatoms. The summed E-state index contributed by atoms with van der Waals surface area (Å²) in [7, 11) is 0. The molecular formula is C20H23NO. The predicted octanol–water partition coefficient (Wildman–Crippen LogP) is 5.07. The summed E-state index contributed by atoms with van der Waals surface area (Å²) in [4.78, 5) is 6.38. The maximum Gasteiger partial charge on any atom is 0.104 e. The number of benzene rings is 2. The van der Waals surface area contributed by atoms with Gasteiger partial charge in [0.1, 0.15) is 6.10 Å².